The molecule has 2 aliphatic carbocycles. The van der Waals surface area contributed by atoms with E-state index in [0.29, 0.717) is 5.91 Å². The van der Waals surface area contributed by atoms with E-state index in [1.54, 1.807) is 0 Å². The minimum atomic E-state index is -0.441. The number of aromatic nitrogens is 2. The lowest BCUT2D eigenvalue weighted by atomic mass is 9.77. The molecular formula is C61H68N6O2. The number of carbonyl (C=O) groups excluding carboxylic acids is 2. The first-order valence-corrected chi connectivity index (χ1v) is 26.4. The molecule has 2 amide bonds. The van der Waals surface area contributed by atoms with Gasteiger partial charge in [0.2, 0.25) is 11.8 Å². The standard InChI is InChI=1S/C61H68N6O2/c1-59(2,3)44-24-26-47(27-25-44)67-52(41-22-28-48-43(38-41)40-51(62-48)54-20-14-36-65(54)57(68)60(32-10-11-33-60)45-16-6-4-7-17-45)30-31-53(67)42-23-29-49-50(39-42)64-56(63-49)55-21-15-37-66(55)58(69)61(34-12-13-35-61)46-18-8-5-9-19-46/h4-9,16-19,22-29,38-39,52-55H,10-15,20-21,30-37,40H2,1-3H3,(H,63,64)/t52-,53-,54+,55+/m1/s1. The Hall–Kier alpha value is -6.02. The van der Waals surface area contributed by atoms with Crippen LogP contribution in [0.25, 0.3) is 11.0 Å². The van der Waals surface area contributed by atoms with Crippen molar-refractivity contribution in [2.24, 2.45) is 4.99 Å². The predicted octanol–water partition coefficient (Wildman–Crippen LogP) is 13.3. The van der Waals surface area contributed by atoms with Gasteiger partial charge in [-0.25, -0.2) is 4.98 Å². The monoisotopic (exact) mass is 917 g/mol. The Kier molecular flexibility index (Phi) is 11.2. The van der Waals surface area contributed by atoms with Crippen LogP contribution >= 0.6 is 0 Å². The van der Waals surface area contributed by atoms with Crippen LogP contribution in [0.4, 0.5) is 11.4 Å². The lowest BCUT2D eigenvalue weighted by Crippen LogP contribution is -2.49. The fourth-order valence-corrected chi connectivity index (χ4v) is 13.9. The second-order valence-electron chi connectivity index (χ2n) is 22.5. The van der Waals surface area contributed by atoms with Gasteiger partial charge < -0.3 is 19.7 Å². The van der Waals surface area contributed by atoms with Gasteiger partial charge in [0.25, 0.3) is 0 Å². The molecule has 4 atom stereocenters. The van der Waals surface area contributed by atoms with E-state index in [4.69, 9.17) is 9.98 Å². The van der Waals surface area contributed by atoms with Crippen LogP contribution in [0.1, 0.15) is 168 Å². The summed E-state index contributed by atoms with van der Waals surface area (Å²) >= 11 is 0. The van der Waals surface area contributed by atoms with Gasteiger partial charge in [0.15, 0.2) is 0 Å². The average molecular weight is 917 g/mol. The van der Waals surface area contributed by atoms with E-state index in [-0.39, 0.29) is 35.5 Å². The number of rotatable bonds is 9. The van der Waals surface area contributed by atoms with Crippen LogP contribution < -0.4 is 4.90 Å². The van der Waals surface area contributed by atoms with E-state index in [1.165, 1.54) is 33.5 Å². The molecule has 6 aromatic rings. The number of anilines is 1. The van der Waals surface area contributed by atoms with Gasteiger partial charge in [0.05, 0.1) is 51.7 Å². The molecule has 5 aromatic carbocycles. The zero-order valence-electron chi connectivity index (χ0n) is 40.9. The highest BCUT2D eigenvalue weighted by Crippen LogP contribution is 2.50. The molecule has 354 valence electrons. The van der Waals surface area contributed by atoms with Crippen molar-refractivity contribution in [3.63, 3.8) is 0 Å². The molecule has 69 heavy (non-hydrogen) atoms. The van der Waals surface area contributed by atoms with Gasteiger partial charge in [0, 0.05) is 30.9 Å². The quantitative estimate of drug-likeness (QED) is 0.157. The van der Waals surface area contributed by atoms with Gasteiger partial charge in [-0.3, -0.25) is 14.6 Å². The van der Waals surface area contributed by atoms with E-state index < -0.39 is 10.8 Å². The third-order valence-electron chi connectivity index (χ3n) is 17.6. The van der Waals surface area contributed by atoms with E-state index in [9.17, 15) is 9.59 Å². The van der Waals surface area contributed by atoms with Crippen molar-refractivity contribution in [1.82, 2.24) is 19.8 Å². The summed E-state index contributed by atoms with van der Waals surface area (Å²) in [5, 5.41) is 0. The number of benzene rings is 5. The largest absolute Gasteiger partial charge is 0.357 e. The predicted molar refractivity (Wildman–Crippen MR) is 277 cm³/mol. The van der Waals surface area contributed by atoms with E-state index >= 15 is 0 Å². The Balaban J connectivity index is 0.819. The minimum Gasteiger partial charge on any atom is -0.357 e. The molecule has 0 radical (unpaired) electrons. The molecule has 1 N–H and O–H groups in total. The third kappa shape index (κ3) is 7.63. The Morgan fingerprint density at radius 3 is 1.74 bits per heavy atom. The number of nitrogens with one attached hydrogen (secondary N) is 1. The number of H-pyrrole nitrogens is 1. The molecule has 6 aliphatic rings. The summed E-state index contributed by atoms with van der Waals surface area (Å²) in [4.78, 5) is 50.8. The van der Waals surface area contributed by atoms with Gasteiger partial charge in [-0.2, -0.15) is 0 Å². The first-order valence-electron chi connectivity index (χ1n) is 26.4. The second kappa shape index (κ2) is 17.4. The van der Waals surface area contributed by atoms with Crippen molar-refractivity contribution in [3.05, 3.63) is 161 Å². The third-order valence-corrected chi connectivity index (χ3v) is 17.6. The number of carbonyl (C=O) groups is 2. The zero-order valence-corrected chi connectivity index (χ0v) is 40.9. The molecule has 5 fully saturated rings. The zero-order chi connectivity index (χ0) is 46.9. The molecule has 5 heterocycles. The summed E-state index contributed by atoms with van der Waals surface area (Å²) in [6.45, 7) is 8.44. The molecule has 3 saturated heterocycles. The fraction of sp³-hybridized carbons (Fsp3) is 0.443. The number of hydrogen-bond acceptors (Lipinski definition) is 5. The number of hydrogen-bond donors (Lipinski definition) is 1. The minimum absolute atomic E-state index is 0.0524. The first-order chi connectivity index (χ1) is 33.6. The first kappa shape index (κ1) is 44.2. The van der Waals surface area contributed by atoms with E-state index in [2.05, 4.69) is 162 Å². The number of fused-ring (bicyclic) bond motifs is 2. The van der Waals surface area contributed by atoms with Crippen LogP contribution in [0, 0.1) is 0 Å². The smallest absolute Gasteiger partial charge is 0.233 e. The van der Waals surface area contributed by atoms with Gasteiger partial charge in [-0.05, 0) is 133 Å². The maximum atomic E-state index is 14.7. The second-order valence-corrected chi connectivity index (χ2v) is 22.5. The van der Waals surface area contributed by atoms with Gasteiger partial charge in [0.1, 0.15) is 5.82 Å². The van der Waals surface area contributed by atoms with Crippen molar-refractivity contribution >= 4 is 39.9 Å². The number of imidazole rings is 1. The molecular weight excluding hydrogens is 849 g/mol. The van der Waals surface area contributed by atoms with Gasteiger partial charge >= 0.3 is 0 Å². The van der Waals surface area contributed by atoms with Crippen LogP contribution in [-0.2, 0) is 32.3 Å². The van der Waals surface area contributed by atoms with Crippen LogP contribution in [-0.4, -0.2) is 56.4 Å². The Bertz CT molecular complexity index is 2900. The number of aromatic amines is 1. The highest BCUT2D eigenvalue weighted by atomic mass is 16.2. The molecule has 8 nitrogen and oxygen atoms in total. The summed E-state index contributed by atoms with van der Waals surface area (Å²) in [6, 6.07) is 44.6. The maximum absolute atomic E-state index is 14.7. The molecule has 0 unspecified atom stereocenters. The molecule has 0 spiro atoms. The molecule has 4 aliphatic heterocycles. The Morgan fingerprint density at radius 1 is 0.594 bits per heavy atom. The molecule has 0 bridgehead atoms. The van der Waals surface area contributed by atoms with Crippen LogP contribution in [0.3, 0.4) is 0 Å². The van der Waals surface area contributed by atoms with Crippen molar-refractivity contribution in [3.8, 4) is 0 Å². The Morgan fingerprint density at radius 2 is 1.14 bits per heavy atom. The van der Waals surface area contributed by atoms with Gasteiger partial charge in [-0.15, -0.1) is 0 Å². The van der Waals surface area contributed by atoms with Crippen molar-refractivity contribution in [1.29, 1.82) is 0 Å². The summed E-state index contributed by atoms with van der Waals surface area (Å²) in [5.41, 5.74) is 12.2. The summed E-state index contributed by atoms with van der Waals surface area (Å²) in [6.07, 6.45) is 14.8. The number of aliphatic imine (C=N–C) groups is 1. The van der Waals surface area contributed by atoms with E-state index in [0.717, 1.165) is 143 Å². The molecule has 12 rings (SSSR count). The van der Waals surface area contributed by atoms with Crippen LogP contribution in [0.15, 0.2) is 126 Å². The highest BCUT2D eigenvalue weighted by molar-refractivity contribution is 6.01. The summed E-state index contributed by atoms with van der Waals surface area (Å²) in [7, 11) is 0. The molecule has 1 aromatic heterocycles. The highest BCUT2D eigenvalue weighted by Gasteiger charge is 2.50. The van der Waals surface area contributed by atoms with Crippen LogP contribution in [0.2, 0.25) is 0 Å². The number of nitrogens with zero attached hydrogens (tertiary/aromatic N) is 5. The lowest BCUT2D eigenvalue weighted by Gasteiger charge is -2.36. The van der Waals surface area contributed by atoms with Crippen molar-refractivity contribution in [2.75, 3.05) is 18.0 Å². The topological polar surface area (TPSA) is 84.9 Å². The normalized spacial score (nSPS) is 24.1. The summed E-state index contributed by atoms with van der Waals surface area (Å²) in [5.74, 6) is 1.50. The SMILES string of the molecule is CC(C)(C)c1ccc(N2[C@@H](c3ccc4c(c3)CC([C@@H]3CCCN3C(=O)C3(c5ccccc5)CCCC3)=N4)CC[C@@H]2c2ccc3nc([C@@H]4CCCN4C(=O)C4(c5ccccc5)CCCC4)[nH]c3c2)cc1. The average Bonchev–Trinajstić information content (AvgIpc) is 4.24. The molecule has 2 saturated carbocycles. The van der Waals surface area contributed by atoms with Crippen molar-refractivity contribution in [2.45, 2.75) is 157 Å². The maximum Gasteiger partial charge on any atom is 0.233 e. The molecule has 8 heteroatoms. The Labute approximate surface area is 408 Å². The number of amides is 2. The van der Waals surface area contributed by atoms with Crippen molar-refractivity contribution < 1.29 is 9.59 Å². The lowest BCUT2D eigenvalue weighted by molar-refractivity contribution is -0.138. The fourth-order valence-electron chi connectivity index (χ4n) is 13.9. The summed E-state index contributed by atoms with van der Waals surface area (Å²) < 4.78 is 0. The van der Waals surface area contributed by atoms with Crippen LogP contribution in [0.5, 0.6) is 0 Å². The van der Waals surface area contributed by atoms with E-state index in [1.807, 2.05) is 0 Å². The number of likely N-dealkylation sites (tertiary alicyclic amines) is 2. The van der Waals surface area contributed by atoms with Gasteiger partial charge in [-0.1, -0.05) is 137 Å².